The number of anilines is 1. The molecule has 1 aromatic heterocycles. The number of halogens is 3. The third kappa shape index (κ3) is 6.12. The zero-order chi connectivity index (χ0) is 24.1. The quantitative estimate of drug-likeness (QED) is 0.508. The van der Waals surface area contributed by atoms with Gasteiger partial charge in [0.1, 0.15) is 5.75 Å². The molecule has 176 valence electrons. The molecule has 0 spiro atoms. The van der Waals surface area contributed by atoms with Crippen molar-refractivity contribution < 1.29 is 27.5 Å². The molecule has 0 bridgehead atoms. The van der Waals surface area contributed by atoms with E-state index in [9.17, 15) is 22.8 Å². The maximum absolute atomic E-state index is 13.0. The normalized spacial score (nSPS) is 13.3. The number of aromatic nitrogens is 1. The van der Waals surface area contributed by atoms with Crippen molar-refractivity contribution in [1.29, 1.82) is 0 Å². The van der Waals surface area contributed by atoms with Crippen LogP contribution in [0.5, 0.6) is 5.75 Å². The van der Waals surface area contributed by atoms with Crippen LogP contribution >= 0.6 is 0 Å². The number of nitrogens with one attached hydrogen (secondary N) is 1. The summed E-state index contributed by atoms with van der Waals surface area (Å²) in [6.45, 7) is 0.0873. The standard InChI is InChI=1S/C25H22F3N3O3/c26-25(27,28)19-4-1-5-20(13-19)30-23(32)16-34-22-10-6-18(7-11-22)24(33)31(21-8-9-21)15-17-3-2-12-29-14-17/h1-7,10-14,21H,8-9,15-16H2,(H,30,32). The molecule has 9 heteroatoms. The van der Waals surface area contributed by atoms with Crippen LogP contribution in [-0.2, 0) is 17.5 Å². The highest BCUT2D eigenvalue weighted by Crippen LogP contribution is 2.31. The van der Waals surface area contributed by atoms with Gasteiger partial charge in [-0.1, -0.05) is 12.1 Å². The first-order valence-corrected chi connectivity index (χ1v) is 10.7. The Morgan fingerprint density at radius 2 is 1.82 bits per heavy atom. The van der Waals surface area contributed by atoms with Crippen molar-refractivity contribution in [2.45, 2.75) is 31.6 Å². The van der Waals surface area contributed by atoms with Gasteiger partial charge in [0.05, 0.1) is 5.56 Å². The van der Waals surface area contributed by atoms with Gasteiger partial charge in [-0.15, -0.1) is 0 Å². The van der Waals surface area contributed by atoms with Crippen molar-refractivity contribution in [2.75, 3.05) is 11.9 Å². The first-order chi connectivity index (χ1) is 16.3. The maximum Gasteiger partial charge on any atom is 0.416 e. The fourth-order valence-corrected chi connectivity index (χ4v) is 3.42. The van der Waals surface area contributed by atoms with E-state index in [4.69, 9.17) is 4.74 Å². The minimum atomic E-state index is -4.50. The summed E-state index contributed by atoms with van der Waals surface area (Å²) in [5.74, 6) is -0.336. The van der Waals surface area contributed by atoms with Crippen LogP contribution in [0.15, 0.2) is 73.1 Å². The van der Waals surface area contributed by atoms with E-state index in [1.54, 1.807) is 36.7 Å². The third-order valence-corrected chi connectivity index (χ3v) is 5.27. The Labute approximate surface area is 194 Å². The van der Waals surface area contributed by atoms with Crippen molar-refractivity contribution in [3.8, 4) is 5.75 Å². The van der Waals surface area contributed by atoms with Gasteiger partial charge in [0.15, 0.2) is 6.61 Å². The van der Waals surface area contributed by atoms with Crippen LogP contribution in [-0.4, -0.2) is 34.3 Å². The van der Waals surface area contributed by atoms with Gasteiger partial charge in [-0.25, -0.2) is 0 Å². The predicted octanol–water partition coefficient (Wildman–Crippen LogP) is 4.92. The molecule has 1 N–H and O–H groups in total. The van der Waals surface area contributed by atoms with Crippen molar-refractivity contribution in [3.63, 3.8) is 0 Å². The second-order valence-corrected chi connectivity index (χ2v) is 7.97. The molecule has 2 amide bonds. The van der Waals surface area contributed by atoms with Gasteiger partial charge >= 0.3 is 6.18 Å². The zero-order valence-electron chi connectivity index (χ0n) is 18.1. The van der Waals surface area contributed by atoms with E-state index in [-0.39, 0.29) is 17.6 Å². The number of benzene rings is 2. The van der Waals surface area contributed by atoms with Crippen LogP contribution in [0, 0.1) is 0 Å². The van der Waals surface area contributed by atoms with E-state index in [1.165, 1.54) is 12.1 Å². The summed E-state index contributed by atoms with van der Waals surface area (Å²) in [6, 6.07) is 14.8. The Morgan fingerprint density at radius 3 is 2.47 bits per heavy atom. The average Bonchev–Trinajstić information content (AvgIpc) is 3.67. The van der Waals surface area contributed by atoms with Gasteiger partial charge in [0.2, 0.25) is 0 Å². The van der Waals surface area contributed by atoms with Gasteiger partial charge in [-0.2, -0.15) is 13.2 Å². The van der Waals surface area contributed by atoms with Crippen molar-refractivity contribution in [2.24, 2.45) is 0 Å². The lowest BCUT2D eigenvalue weighted by Crippen LogP contribution is -2.32. The van der Waals surface area contributed by atoms with E-state index in [1.807, 2.05) is 17.0 Å². The highest BCUT2D eigenvalue weighted by Gasteiger charge is 2.33. The molecule has 4 rings (SSSR count). The van der Waals surface area contributed by atoms with Gasteiger partial charge in [-0.3, -0.25) is 14.6 Å². The van der Waals surface area contributed by atoms with E-state index < -0.39 is 24.3 Å². The fraction of sp³-hybridized carbons (Fsp3) is 0.240. The number of carbonyl (C=O) groups is 2. The third-order valence-electron chi connectivity index (χ3n) is 5.27. The fourth-order valence-electron chi connectivity index (χ4n) is 3.42. The lowest BCUT2D eigenvalue weighted by molar-refractivity contribution is -0.137. The molecule has 1 saturated carbocycles. The summed E-state index contributed by atoms with van der Waals surface area (Å²) >= 11 is 0. The number of alkyl halides is 3. The summed E-state index contributed by atoms with van der Waals surface area (Å²) < 4.78 is 43.8. The number of ether oxygens (including phenoxy) is 1. The molecule has 6 nitrogen and oxygen atoms in total. The topological polar surface area (TPSA) is 71.5 Å². The summed E-state index contributed by atoms with van der Waals surface area (Å²) in [6.07, 6.45) is 0.862. The molecular weight excluding hydrogens is 447 g/mol. The van der Waals surface area contributed by atoms with E-state index in [0.717, 1.165) is 30.5 Å². The largest absolute Gasteiger partial charge is 0.484 e. The van der Waals surface area contributed by atoms with Gasteiger partial charge < -0.3 is 15.0 Å². The van der Waals surface area contributed by atoms with E-state index in [0.29, 0.717) is 17.9 Å². The molecule has 1 aliphatic carbocycles. The number of carbonyl (C=O) groups excluding carboxylic acids is 2. The van der Waals surface area contributed by atoms with Crippen molar-refractivity contribution >= 4 is 17.5 Å². The predicted molar refractivity (Wildman–Crippen MR) is 119 cm³/mol. The zero-order valence-corrected chi connectivity index (χ0v) is 18.1. The number of hydrogen-bond donors (Lipinski definition) is 1. The Balaban J connectivity index is 1.33. The van der Waals surface area contributed by atoms with Crippen LogP contribution < -0.4 is 10.1 Å². The van der Waals surface area contributed by atoms with E-state index >= 15 is 0 Å². The SMILES string of the molecule is O=C(COc1ccc(C(=O)N(Cc2cccnc2)C2CC2)cc1)Nc1cccc(C(F)(F)F)c1. The maximum atomic E-state index is 13.0. The Morgan fingerprint density at radius 1 is 1.06 bits per heavy atom. The molecule has 0 saturated heterocycles. The monoisotopic (exact) mass is 469 g/mol. The average molecular weight is 469 g/mol. The first kappa shape index (κ1) is 23.3. The highest BCUT2D eigenvalue weighted by molar-refractivity contribution is 5.95. The number of rotatable bonds is 8. The molecule has 1 aliphatic rings. The van der Waals surface area contributed by atoms with E-state index in [2.05, 4.69) is 10.3 Å². The second kappa shape index (κ2) is 9.94. The molecule has 0 radical (unpaired) electrons. The molecule has 1 heterocycles. The Hall–Kier alpha value is -3.88. The Kier molecular flexibility index (Phi) is 6.81. The highest BCUT2D eigenvalue weighted by atomic mass is 19.4. The minimum Gasteiger partial charge on any atom is -0.484 e. The molecule has 0 aliphatic heterocycles. The van der Waals surface area contributed by atoms with Gasteiger partial charge in [0.25, 0.3) is 11.8 Å². The van der Waals surface area contributed by atoms with Crippen LogP contribution in [0.1, 0.15) is 34.3 Å². The Bertz CT molecular complexity index is 1150. The first-order valence-electron chi connectivity index (χ1n) is 10.7. The molecule has 2 aromatic carbocycles. The minimum absolute atomic E-state index is 0.0261. The molecule has 3 aromatic rings. The number of nitrogens with zero attached hydrogens (tertiary/aromatic N) is 2. The molecular formula is C25H22F3N3O3. The summed E-state index contributed by atoms with van der Waals surface area (Å²) in [5, 5.41) is 2.38. The van der Waals surface area contributed by atoms with Crippen LogP contribution in [0.25, 0.3) is 0 Å². The van der Waals surface area contributed by atoms with Crippen LogP contribution in [0.2, 0.25) is 0 Å². The van der Waals surface area contributed by atoms with Crippen molar-refractivity contribution in [3.05, 3.63) is 89.7 Å². The molecule has 1 fully saturated rings. The summed E-state index contributed by atoms with van der Waals surface area (Å²) in [5.41, 5.74) is 0.624. The number of pyridine rings is 1. The second-order valence-electron chi connectivity index (χ2n) is 7.97. The van der Waals surface area contributed by atoms with Crippen LogP contribution in [0.4, 0.5) is 18.9 Å². The van der Waals surface area contributed by atoms with Crippen molar-refractivity contribution in [1.82, 2.24) is 9.88 Å². The lowest BCUT2D eigenvalue weighted by Gasteiger charge is -2.22. The number of amides is 2. The number of hydrogen-bond acceptors (Lipinski definition) is 4. The summed E-state index contributed by atoms with van der Waals surface area (Å²) in [4.78, 5) is 31.0. The molecule has 0 atom stereocenters. The van der Waals surface area contributed by atoms with Crippen LogP contribution in [0.3, 0.4) is 0 Å². The smallest absolute Gasteiger partial charge is 0.416 e. The summed E-state index contributed by atoms with van der Waals surface area (Å²) in [7, 11) is 0. The molecule has 0 unspecified atom stereocenters. The van der Waals surface area contributed by atoms with Gasteiger partial charge in [-0.05, 0) is 66.9 Å². The molecule has 34 heavy (non-hydrogen) atoms. The lowest BCUT2D eigenvalue weighted by atomic mass is 10.1. The van der Waals surface area contributed by atoms with Gasteiger partial charge in [0, 0.05) is 36.2 Å².